The summed E-state index contributed by atoms with van der Waals surface area (Å²) in [5.41, 5.74) is 2.43. The molecule has 4 rings (SSSR count). The number of likely N-dealkylation sites (tertiary alicyclic amines) is 1. The van der Waals surface area contributed by atoms with Gasteiger partial charge in [0.25, 0.3) is 0 Å². The Balaban J connectivity index is 1.29. The first-order valence-electron chi connectivity index (χ1n) is 9.38. The molecule has 2 unspecified atom stereocenters. The minimum Gasteiger partial charge on any atom is -0.391 e. The number of nitrogens with zero attached hydrogens (tertiary/aromatic N) is 2. The Bertz CT molecular complexity index is 662. The van der Waals surface area contributed by atoms with E-state index in [2.05, 4.69) is 38.6 Å². The Labute approximate surface area is 143 Å². The summed E-state index contributed by atoms with van der Waals surface area (Å²) >= 11 is 0. The third-order valence-electron chi connectivity index (χ3n) is 5.84. The van der Waals surface area contributed by atoms with Crippen LogP contribution in [0.1, 0.15) is 44.1 Å². The maximum Gasteiger partial charge on any atom is 0.0695 e. The number of aliphatic hydroxyl groups is 1. The third-order valence-corrected chi connectivity index (χ3v) is 5.84. The van der Waals surface area contributed by atoms with Crippen LogP contribution in [-0.2, 0) is 6.54 Å². The zero-order valence-electron chi connectivity index (χ0n) is 14.2. The summed E-state index contributed by atoms with van der Waals surface area (Å²) in [5.74, 6) is 0. The average molecular weight is 328 g/mol. The maximum absolute atomic E-state index is 10.3. The topological polar surface area (TPSA) is 64.2 Å². The van der Waals surface area contributed by atoms with Crippen LogP contribution in [-0.4, -0.2) is 51.5 Å². The molecular weight excluding hydrogens is 300 g/mol. The van der Waals surface area contributed by atoms with Crippen LogP contribution < -0.4 is 5.32 Å². The van der Waals surface area contributed by atoms with Crippen molar-refractivity contribution in [3.8, 4) is 0 Å². The Morgan fingerprint density at radius 2 is 2.00 bits per heavy atom. The van der Waals surface area contributed by atoms with Crippen molar-refractivity contribution in [2.45, 2.75) is 63.3 Å². The quantitative estimate of drug-likeness (QED) is 0.806. The van der Waals surface area contributed by atoms with E-state index in [1.54, 1.807) is 0 Å². The number of aromatic amines is 1. The fraction of sp³-hybridized carbons (Fsp3) is 0.632. The van der Waals surface area contributed by atoms with E-state index < -0.39 is 0 Å². The predicted molar refractivity (Wildman–Crippen MR) is 95.8 cm³/mol. The first-order chi connectivity index (χ1) is 11.8. The number of rotatable bonds is 4. The summed E-state index contributed by atoms with van der Waals surface area (Å²) in [7, 11) is 0. The fourth-order valence-corrected chi connectivity index (χ4v) is 4.38. The molecule has 5 nitrogen and oxygen atoms in total. The first kappa shape index (κ1) is 16.1. The molecule has 1 aromatic carbocycles. The Hall–Kier alpha value is -1.43. The van der Waals surface area contributed by atoms with Crippen molar-refractivity contribution in [2.75, 3.05) is 13.1 Å². The maximum atomic E-state index is 10.3. The van der Waals surface area contributed by atoms with Crippen molar-refractivity contribution in [2.24, 2.45) is 0 Å². The van der Waals surface area contributed by atoms with E-state index in [4.69, 9.17) is 0 Å². The molecule has 1 saturated carbocycles. The van der Waals surface area contributed by atoms with Crippen molar-refractivity contribution in [3.63, 3.8) is 0 Å². The molecule has 1 aliphatic heterocycles. The van der Waals surface area contributed by atoms with Crippen molar-refractivity contribution in [3.05, 3.63) is 30.0 Å². The zero-order chi connectivity index (χ0) is 16.4. The minimum absolute atomic E-state index is 0.110. The van der Waals surface area contributed by atoms with Gasteiger partial charge in [0.15, 0.2) is 0 Å². The number of aliphatic hydroxyl groups excluding tert-OH is 1. The molecule has 0 spiro atoms. The molecule has 1 aliphatic carbocycles. The van der Waals surface area contributed by atoms with Crippen molar-refractivity contribution in [1.29, 1.82) is 0 Å². The average Bonchev–Trinajstić information content (AvgIpc) is 3.10. The van der Waals surface area contributed by atoms with Gasteiger partial charge < -0.3 is 10.4 Å². The van der Waals surface area contributed by atoms with E-state index in [1.165, 1.54) is 43.1 Å². The first-order valence-corrected chi connectivity index (χ1v) is 9.38. The number of piperidine rings is 1. The number of benzene rings is 1. The lowest BCUT2D eigenvalue weighted by molar-refractivity contribution is 0.00714. The Morgan fingerprint density at radius 1 is 1.17 bits per heavy atom. The number of hydrogen-bond acceptors (Lipinski definition) is 4. The largest absolute Gasteiger partial charge is 0.391 e. The number of para-hydroxylation sites is 1. The lowest BCUT2D eigenvalue weighted by Crippen LogP contribution is -2.51. The van der Waals surface area contributed by atoms with Crippen LogP contribution in [0.3, 0.4) is 0 Å². The van der Waals surface area contributed by atoms with Crippen LogP contribution in [0.15, 0.2) is 24.4 Å². The molecule has 2 heterocycles. The van der Waals surface area contributed by atoms with Crippen LogP contribution in [0.4, 0.5) is 0 Å². The second-order valence-electron chi connectivity index (χ2n) is 7.36. The summed E-state index contributed by atoms with van der Waals surface area (Å²) in [6.45, 7) is 3.09. The normalized spacial score (nSPS) is 26.9. The molecule has 0 bridgehead atoms. The van der Waals surface area contributed by atoms with Crippen molar-refractivity contribution in [1.82, 2.24) is 20.4 Å². The highest BCUT2D eigenvalue weighted by atomic mass is 16.3. The van der Waals surface area contributed by atoms with Gasteiger partial charge in [0.1, 0.15) is 0 Å². The van der Waals surface area contributed by atoms with Gasteiger partial charge in [0.2, 0.25) is 0 Å². The van der Waals surface area contributed by atoms with Gasteiger partial charge in [0, 0.05) is 37.1 Å². The molecule has 130 valence electrons. The van der Waals surface area contributed by atoms with Gasteiger partial charge >= 0.3 is 0 Å². The summed E-state index contributed by atoms with van der Waals surface area (Å²) in [4.78, 5) is 2.53. The minimum atomic E-state index is -0.110. The lowest BCUT2D eigenvalue weighted by atomic mass is 9.89. The Morgan fingerprint density at radius 3 is 2.83 bits per heavy atom. The SMILES string of the molecule is OC1CCCCC1N1CCC(NCc2cccc3cn[nH]c23)CC1. The molecule has 0 amide bonds. The van der Waals surface area contributed by atoms with Crippen LogP contribution in [0.25, 0.3) is 10.9 Å². The Kier molecular flexibility index (Phi) is 4.83. The molecule has 24 heavy (non-hydrogen) atoms. The van der Waals surface area contributed by atoms with Gasteiger partial charge in [-0.15, -0.1) is 0 Å². The van der Waals surface area contributed by atoms with E-state index in [9.17, 15) is 5.11 Å². The van der Waals surface area contributed by atoms with E-state index >= 15 is 0 Å². The van der Waals surface area contributed by atoms with Crippen LogP contribution in [0.5, 0.6) is 0 Å². The van der Waals surface area contributed by atoms with Gasteiger partial charge in [0.05, 0.1) is 17.8 Å². The van der Waals surface area contributed by atoms with Gasteiger partial charge in [-0.2, -0.15) is 5.10 Å². The molecule has 3 N–H and O–H groups in total. The highest BCUT2D eigenvalue weighted by Gasteiger charge is 2.31. The van der Waals surface area contributed by atoms with Gasteiger partial charge in [-0.25, -0.2) is 0 Å². The van der Waals surface area contributed by atoms with Crippen LogP contribution >= 0.6 is 0 Å². The number of aromatic nitrogens is 2. The molecule has 2 aliphatic rings. The fourth-order valence-electron chi connectivity index (χ4n) is 4.38. The predicted octanol–water partition coefficient (Wildman–Crippen LogP) is 2.42. The second-order valence-corrected chi connectivity index (χ2v) is 7.36. The summed E-state index contributed by atoms with van der Waals surface area (Å²) < 4.78 is 0. The van der Waals surface area contributed by atoms with Crippen LogP contribution in [0, 0.1) is 0 Å². The summed E-state index contributed by atoms with van der Waals surface area (Å²) in [6, 6.07) is 7.33. The smallest absolute Gasteiger partial charge is 0.0695 e. The van der Waals surface area contributed by atoms with E-state index in [-0.39, 0.29) is 6.10 Å². The van der Waals surface area contributed by atoms with E-state index in [1.807, 2.05) is 6.20 Å². The van der Waals surface area contributed by atoms with Gasteiger partial charge in [-0.3, -0.25) is 10.00 Å². The highest BCUT2D eigenvalue weighted by molar-refractivity contribution is 5.81. The monoisotopic (exact) mass is 328 g/mol. The number of nitrogens with one attached hydrogen (secondary N) is 2. The lowest BCUT2D eigenvalue weighted by Gasteiger charge is -2.41. The molecule has 0 radical (unpaired) electrons. The summed E-state index contributed by atoms with van der Waals surface area (Å²) in [5, 5.41) is 22.4. The number of hydrogen-bond donors (Lipinski definition) is 3. The summed E-state index contributed by atoms with van der Waals surface area (Å²) in [6.07, 6.45) is 8.72. The highest BCUT2D eigenvalue weighted by Crippen LogP contribution is 2.26. The molecule has 1 saturated heterocycles. The van der Waals surface area contributed by atoms with Gasteiger partial charge in [-0.05, 0) is 31.2 Å². The standard InChI is InChI=1S/C19H28N4O/c24-18-7-2-1-6-17(18)23-10-8-16(9-11-23)20-12-14-4-3-5-15-13-21-22-19(14)15/h3-5,13,16-18,20,24H,1-2,6-12H2,(H,21,22). The molecule has 5 heteroatoms. The molecule has 1 aromatic heterocycles. The zero-order valence-corrected chi connectivity index (χ0v) is 14.2. The van der Waals surface area contributed by atoms with E-state index in [0.29, 0.717) is 12.1 Å². The van der Waals surface area contributed by atoms with Crippen molar-refractivity contribution >= 4 is 10.9 Å². The van der Waals surface area contributed by atoms with E-state index in [0.717, 1.165) is 31.6 Å². The van der Waals surface area contributed by atoms with Crippen LogP contribution in [0.2, 0.25) is 0 Å². The van der Waals surface area contributed by atoms with Crippen molar-refractivity contribution < 1.29 is 5.11 Å². The number of H-pyrrole nitrogens is 1. The molecule has 2 aromatic rings. The number of fused-ring (bicyclic) bond motifs is 1. The third kappa shape index (κ3) is 3.34. The molecule has 2 fully saturated rings. The molecular formula is C19H28N4O. The second kappa shape index (κ2) is 7.21. The van der Waals surface area contributed by atoms with Gasteiger partial charge in [-0.1, -0.05) is 31.0 Å². The molecule has 2 atom stereocenters.